The molecule has 0 aromatic heterocycles. The van der Waals surface area contributed by atoms with Gasteiger partial charge in [-0.2, -0.15) is 0 Å². The number of hydrogen-bond donors (Lipinski definition) is 8. The molecule has 1 saturated heterocycles. The highest BCUT2D eigenvalue weighted by molar-refractivity contribution is 5.75. The van der Waals surface area contributed by atoms with Crippen molar-refractivity contribution in [3.05, 3.63) is 0 Å². The van der Waals surface area contributed by atoms with E-state index in [-0.39, 0.29) is 19.0 Å². The number of aliphatic carboxylic acids is 1. The quantitative estimate of drug-likeness (QED) is 0.116. The minimum absolute atomic E-state index is 0.0330. The molecule has 0 aromatic carbocycles. The van der Waals surface area contributed by atoms with Crippen molar-refractivity contribution in [2.45, 2.75) is 49.4 Å². The van der Waals surface area contributed by atoms with Crippen LogP contribution in [0.25, 0.3) is 0 Å². The van der Waals surface area contributed by atoms with E-state index in [9.17, 15) is 30.3 Å². The predicted octanol–water partition coefficient (Wildman–Crippen LogP) is -3.73. The second-order valence-corrected chi connectivity index (χ2v) is 5.73. The number of aliphatic hydroxyl groups is 4. The fourth-order valence-electron chi connectivity index (χ4n) is 2.30. The summed E-state index contributed by atoms with van der Waals surface area (Å²) in [5.74, 6) is -3.36. The summed E-state index contributed by atoms with van der Waals surface area (Å²) in [6.45, 7) is -0.431. The van der Waals surface area contributed by atoms with E-state index in [1.807, 2.05) is 0 Å². The number of carbonyl (C=O) groups is 1. The second-order valence-electron chi connectivity index (χ2n) is 5.73. The lowest BCUT2D eigenvalue weighted by molar-refractivity contribution is -0.318. The summed E-state index contributed by atoms with van der Waals surface area (Å²) >= 11 is 0. The second kappa shape index (κ2) is 9.11. The molecule has 10 N–H and O–H groups in total. The first-order valence-electron chi connectivity index (χ1n) is 7.59. The Bertz CT molecular complexity index is 446. The van der Waals surface area contributed by atoms with Gasteiger partial charge in [0.05, 0.1) is 13.2 Å². The fourth-order valence-corrected chi connectivity index (χ4v) is 2.30. The van der Waals surface area contributed by atoms with Gasteiger partial charge in [-0.1, -0.05) is 0 Å². The highest BCUT2D eigenvalue weighted by Gasteiger charge is 2.48. The maximum atomic E-state index is 11.2. The van der Waals surface area contributed by atoms with Crippen molar-refractivity contribution in [3.63, 3.8) is 0 Å². The molecule has 24 heavy (non-hydrogen) atoms. The average molecular weight is 350 g/mol. The van der Waals surface area contributed by atoms with Crippen LogP contribution in [0.1, 0.15) is 19.3 Å². The Morgan fingerprint density at radius 2 is 2.00 bits per heavy atom. The van der Waals surface area contributed by atoms with E-state index in [0.717, 1.165) is 0 Å². The number of nitrogens with two attached hydrogens (primary N) is 2. The number of ether oxygens (including phenoxy) is 1. The summed E-state index contributed by atoms with van der Waals surface area (Å²) in [5, 5.41) is 50.7. The highest BCUT2D eigenvalue weighted by atomic mass is 16.6. The summed E-state index contributed by atoms with van der Waals surface area (Å²) < 4.78 is 4.95. The van der Waals surface area contributed by atoms with Gasteiger partial charge in [-0.3, -0.25) is 15.1 Å². The van der Waals surface area contributed by atoms with Crippen molar-refractivity contribution < 1.29 is 35.1 Å². The molecule has 0 saturated carbocycles. The van der Waals surface area contributed by atoms with E-state index in [1.165, 1.54) is 0 Å². The van der Waals surface area contributed by atoms with E-state index in [2.05, 4.69) is 10.3 Å². The Labute approximate surface area is 138 Å². The van der Waals surface area contributed by atoms with E-state index >= 15 is 0 Å². The van der Waals surface area contributed by atoms with Crippen molar-refractivity contribution in [1.29, 1.82) is 0 Å². The van der Waals surface area contributed by atoms with Crippen molar-refractivity contribution in [3.8, 4) is 0 Å². The van der Waals surface area contributed by atoms with Crippen molar-refractivity contribution >= 4 is 11.9 Å². The molecule has 5 atom stereocenters. The Hall–Kier alpha value is -1.50. The fraction of sp³-hybridized carbons (Fsp3) is 0.846. The minimum Gasteiger partial charge on any atom is -0.480 e. The minimum atomic E-state index is -2.19. The van der Waals surface area contributed by atoms with Gasteiger partial charge in [-0.15, -0.1) is 0 Å². The van der Waals surface area contributed by atoms with Gasteiger partial charge in [0.15, 0.2) is 5.96 Å². The van der Waals surface area contributed by atoms with Crippen LogP contribution in [0.3, 0.4) is 0 Å². The molecule has 1 fully saturated rings. The third kappa shape index (κ3) is 5.85. The molecule has 0 aliphatic carbocycles. The zero-order chi connectivity index (χ0) is 18.3. The maximum absolute atomic E-state index is 11.2. The topological polar surface area (TPSA) is 204 Å². The molecule has 1 heterocycles. The van der Waals surface area contributed by atoms with Gasteiger partial charge < -0.3 is 41.7 Å². The molecule has 1 aliphatic rings. The molecule has 5 unspecified atom stereocenters. The van der Waals surface area contributed by atoms with Gasteiger partial charge in [0.1, 0.15) is 24.4 Å². The summed E-state index contributed by atoms with van der Waals surface area (Å²) in [6, 6.07) is -0.993. The molecule has 0 bridgehead atoms. The highest BCUT2D eigenvalue weighted by Crippen LogP contribution is 2.23. The van der Waals surface area contributed by atoms with Gasteiger partial charge in [0.2, 0.25) is 5.79 Å². The van der Waals surface area contributed by atoms with Gasteiger partial charge in [0.25, 0.3) is 0 Å². The molecule has 140 valence electrons. The van der Waals surface area contributed by atoms with Crippen LogP contribution in [-0.4, -0.2) is 87.3 Å². The van der Waals surface area contributed by atoms with Crippen molar-refractivity contribution in [2.24, 2.45) is 16.5 Å². The number of aliphatic imine (C=N–C) groups is 1. The smallest absolute Gasteiger partial charge is 0.320 e. The van der Waals surface area contributed by atoms with Crippen LogP contribution < -0.4 is 16.8 Å². The number of aliphatic hydroxyl groups excluding tert-OH is 3. The van der Waals surface area contributed by atoms with Crippen molar-refractivity contribution in [1.82, 2.24) is 5.32 Å². The number of nitrogens with one attached hydrogen (secondary N) is 1. The first-order chi connectivity index (χ1) is 11.2. The Balaban J connectivity index is 2.48. The number of carboxylic acids is 1. The van der Waals surface area contributed by atoms with E-state index in [1.54, 1.807) is 0 Å². The maximum Gasteiger partial charge on any atom is 0.320 e. The predicted molar refractivity (Wildman–Crippen MR) is 82.9 cm³/mol. The summed E-state index contributed by atoms with van der Waals surface area (Å²) in [5.41, 5.74) is 10.4. The number of carboxylic acid groups (broad SMARTS) is 1. The van der Waals surface area contributed by atoms with Crippen molar-refractivity contribution in [2.75, 3.05) is 19.7 Å². The van der Waals surface area contributed by atoms with Crippen LogP contribution in [0.4, 0.5) is 0 Å². The molecule has 11 nitrogen and oxygen atoms in total. The number of unbranched alkanes of at least 4 members (excludes halogenated alkanes) is 1. The van der Waals surface area contributed by atoms with Crippen LogP contribution in [0, 0.1) is 0 Å². The van der Waals surface area contributed by atoms with Gasteiger partial charge in [-0.05, 0) is 19.3 Å². The molecule has 1 aliphatic heterocycles. The van der Waals surface area contributed by atoms with Crippen LogP contribution in [0.5, 0.6) is 0 Å². The SMILES string of the molecule is NC(N)=NCCCCC(NCC1(O)OCC(O)C(O)C1O)C(=O)O. The first-order valence-corrected chi connectivity index (χ1v) is 7.59. The summed E-state index contributed by atoms with van der Waals surface area (Å²) in [4.78, 5) is 15.0. The van der Waals surface area contributed by atoms with Gasteiger partial charge in [0, 0.05) is 6.54 Å². The number of hydrogen-bond acceptors (Lipinski definition) is 8. The zero-order valence-electron chi connectivity index (χ0n) is 13.2. The number of nitrogens with zero attached hydrogens (tertiary/aromatic N) is 1. The van der Waals surface area contributed by atoms with Crippen LogP contribution in [-0.2, 0) is 9.53 Å². The zero-order valence-corrected chi connectivity index (χ0v) is 13.2. The Morgan fingerprint density at radius 1 is 1.33 bits per heavy atom. The lowest BCUT2D eigenvalue weighted by Crippen LogP contribution is -2.65. The van der Waals surface area contributed by atoms with Crippen LogP contribution >= 0.6 is 0 Å². The standard InChI is InChI=1S/C13H26N4O7/c14-12(15)16-4-2-1-3-7(11(21)22)17-6-13(23)10(20)9(19)8(18)5-24-13/h7-10,17-20,23H,1-6H2,(H,21,22)(H4,14,15,16). The van der Waals surface area contributed by atoms with Crippen LogP contribution in [0.15, 0.2) is 4.99 Å². The van der Waals surface area contributed by atoms with E-state index in [4.69, 9.17) is 16.2 Å². The average Bonchev–Trinajstić information content (AvgIpc) is 2.51. The summed E-state index contributed by atoms with van der Waals surface area (Å²) in [6.07, 6.45) is -3.35. The molecule has 0 radical (unpaired) electrons. The Kier molecular flexibility index (Phi) is 7.79. The van der Waals surface area contributed by atoms with E-state index < -0.39 is 42.7 Å². The lowest BCUT2D eigenvalue weighted by atomic mass is 9.96. The van der Waals surface area contributed by atoms with Gasteiger partial charge >= 0.3 is 5.97 Å². The third-order valence-electron chi connectivity index (χ3n) is 3.78. The monoisotopic (exact) mass is 350 g/mol. The molecule has 11 heteroatoms. The third-order valence-corrected chi connectivity index (χ3v) is 3.78. The molecule has 0 spiro atoms. The molecular weight excluding hydrogens is 324 g/mol. The molecule has 0 amide bonds. The largest absolute Gasteiger partial charge is 0.480 e. The molecule has 0 aromatic rings. The van der Waals surface area contributed by atoms with Crippen LogP contribution in [0.2, 0.25) is 0 Å². The van der Waals surface area contributed by atoms with E-state index in [0.29, 0.717) is 19.4 Å². The Morgan fingerprint density at radius 3 is 2.58 bits per heavy atom. The lowest BCUT2D eigenvalue weighted by Gasteiger charge is -2.42. The normalized spacial score (nSPS) is 31.4. The molecule has 1 rings (SSSR count). The first kappa shape index (κ1) is 20.5. The number of guanidine groups is 1. The molecular formula is C13H26N4O7. The van der Waals surface area contributed by atoms with Gasteiger partial charge in [-0.25, -0.2) is 0 Å². The number of rotatable bonds is 9. The summed E-state index contributed by atoms with van der Waals surface area (Å²) in [7, 11) is 0.